The Morgan fingerprint density at radius 1 is 1.08 bits per heavy atom. The van der Waals surface area contributed by atoms with E-state index in [1.807, 2.05) is 6.92 Å². The number of ether oxygens (including phenoxy) is 1. The second-order valence-electron chi connectivity index (χ2n) is 6.50. The van der Waals surface area contributed by atoms with E-state index in [4.69, 9.17) is 16.3 Å². The standard InChI is InChI=1S/C20H21ClN2O3/c1-12-11-15(21)5-10-18(12)26-13(2)19(24)22-16-6-8-17(9-7-16)23-20(25)14-3-4-14/h5-11,13-14H,3-4H2,1-2H3,(H,22,24)(H,23,25). The highest BCUT2D eigenvalue weighted by Crippen LogP contribution is 2.30. The smallest absolute Gasteiger partial charge is 0.265 e. The van der Waals surface area contributed by atoms with E-state index in [9.17, 15) is 9.59 Å². The fraction of sp³-hybridized carbons (Fsp3) is 0.300. The molecular formula is C20H21ClN2O3. The topological polar surface area (TPSA) is 67.4 Å². The molecule has 0 bridgehead atoms. The summed E-state index contributed by atoms with van der Waals surface area (Å²) in [4.78, 5) is 24.1. The number of halogens is 1. The van der Waals surface area contributed by atoms with E-state index < -0.39 is 6.10 Å². The van der Waals surface area contributed by atoms with Gasteiger partial charge in [-0.05, 0) is 74.7 Å². The summed E-state index contributed by atoms with van der Waals surface area (Å²) >= 11 is 5.93. The van der Waals surface area contributed by atoms with Crippen molar-refractivity contribution in [2.75, 3.05) is 10.6 Å². The van der Waals surface area contributed by atoms with Gasteiger partial charge in [-0.25, -0.2) is 0 Å². The van der Waals surface area contributed by atoms with Gasteiger partial charge in [0.1, 0.15) is 5.75 Å². The largest absolute Gasteiger partial charge is 0.481 e. The van der Waals surface area contributed by atoms with Crippen LogP contribution in [0.2, 0.25) is 5.02 Å². The Bertz CT molecular complexity index is 816. The van der Waals surface area contributed by atoms with E-state index in [2.05, 4.69) is 10.6 Å². The number of hydrogen-bond donors (Lipinski definition) is 2. The third kappa shape index (κ3) is 4.76. The van der Waals surface area contributed by atoms with Gasteiger partial charge in [0.05, 0.1) is 0 Å². The van der Waals surface area contributed by atoms with Crippen LogP contribution in [0.5, 0.6) is 5.75 Å². The Hall–Kier alpha value is -2.53. The second kappa shape index (κ2) is 7.79. The van der Waals surface area contributed by atoms with Crippen molar-refractivity contribution < 1.29 is 14.3 Å². The number of carbonyl (C=O) groups excluding carboxylic acids is 2. The van der Waals surface area contributed by atoms with Crippen LogP contribution in [-0.4, -0.2) is 17.9 Å². The number of carbonyl (C=O) groups is 2. The van der Waals surface area contributed by atoms with E-state index in [0.717, 1.165) is 24.1 Å². The molecule has 136 valence electrons. The van der Waals surface area contributed by atoms with Gasteiger partial charge < -0.3 is 15.4 Å². The van der Waals surface area contributed by atoms with Gasteiger partial charge in [-0.1, -0.05) is 11.6 Å². The molecule has 6 heteroatoms. The third-order valence-electron chi connectivity index (χ3n) is 4.18. The lowest BCUT2D eigenvalue weighted by Crippen LogP contribution is -2.30. The number of benzene rings is 2. The van der Waals surface area contributed by atoms with Gasteiger partial charge in [0.25, 0.3) is 5.91 Å². The molecule has 1 unspecified atom stereocenters. The van der Waals surface area contributed by atoms with Crippen LogP contribution < -0.4 is 15.4 Å². The molecule has 1 atom stereocenters. The van der Waals surface area contributed by atoms with E-state index in [1.54, 1.807) is 49.4 Å². The van der Waals surface area contributed by atoms with Gasteiger partial charge in [-0.15, -0.1) is 0 Å². The Morgan fingerprint density at radius 3 is 2.27 bits per heavy atom. The highest BCUT2D eigenvalue weighted by molar-refractivity contribution is 6.30. The number of rotatable bonds is 6. The van der Waals surface area contributed by atoms with Gasteiger partial charge in [-0.2, -0.15) is 0 Å². The number of nitrogens with one attached hydrogen (secondary N) is 2. The minimum atomic E-state index is -0.663. The minimum Gasteiger partial charge on any atom is -0.481 e. The molecule has 1 saturated carbocycles. The van der Waals surface area contributed by atoms with Gasteiger partial charge in [0.15, 0.2) is 6.10 Å². The van der Waals surface area contributed by atoms with Crippen molar-refractivity contribution in [1.82, 2.24) is 0 Å². The molecular weight excluding hydrogens is 352 g/mol. The zero-order valence-corrected chi connectivity index (χ0v) is 15.5. The third-order valence-corrected chi connectivity index (χ3v) is 4.41. The summed E-state index contributed by atoms with van der Waals surface area (Å²) in [6.45, 7) is 3.56. The van der Waals surface area contributed by atoms with Gasteiger partial charge in [0.2, 0.25) is 5.91 Å². The molecule has 0 aliphatic heterocycles. The first-order valence-corrected chi connectivity index (χ1v) is 8.95. The first-order chi connectivity index (χ1) is 12.4. The predicted octanol–water partition coefficient (Wildman–Crippen LogP) is 4.40. The predicted molar refractivity (Wildman–Crippen MR) is 103 cm³/mol. The molecule has 1 fully saturated rings. The molecule has 2 amide bonds. The molecule has 5 nitrogen and oxygen atoms in total. The minimum absolute atomic E-state index is 0.0575. The van der Waals surface area contributed by atoms with Crippen LogP contribution in [0.15, 0.2) is 42.5 Å². The summed E-state index contributed by atoms with van der Waals surface area (Å²) in [6, 6.07) is 12.3. The normalized spacial score (nSPS) is 14.4. The molecule has 1 aliphatic rings. The number of aryl methyl sites for hydroxylation is 1. The van der Waals surface area contributed by atoms with Gasteiger partial charge in [0, 0.05) is 22.3 Å². The van der Waals surface area contributed by atoms with Crippen molar-refractivity contribution in [2.45, 2.75) is 32.8 Å². The average Bonchev–Trinajstić information content (AvgIpc) is 3.44. The fourth-order valence-electron chi connectivity index (χ4n) is 2.46. The molecule has 2 aromatic rings. The molecule has 1 aliphatic carbocycles. The lowest BCUT2D eigenvalue weighted by Gasteiger charge is -2.16. The maximum absolute atomic E-state index is 12.3. The van der Waals surface area contributed by atoms with Gasteiger partial charge in [-0.3, -0.25) is 9.59 Å². The van der Waals surface area contributed by atoms with E-state index >= 15 is 0 Å². The average molecular weight is 373 g/mol. The Morgan fingerprint density at radius 2 is 1.69 bits per heavy atom. The lowest BCUT2D eigenvalue weighted by atomic mass is 10.2. The first kappa shape index (κ1) is 18.3. The summed E-state index contributed by atoms with van der Waals surface area (Å²) in [5.74, 6) is 0.579. The molecule has 0 aromatic heterocycles. The highest BCUT2D eigenvalue weighted by atomic mass is 35.5. The number of hydrogen-bond acceptors (Lipinski definition) is 3. The summed E-state index contributed by atoms with van der Waals surface area (Å²) in [5.41, 5.74) is 2.23. The molecule has 0 saturated heterocycles. The molecule has 3 rings (SSSR count). The SMILES string of the molecule is Cc1cc(Cl)ccc1OC(C)C(=O)Nc1ccc(NC(=O)C2CC2)cc1. The second-order valence-corrected chi connectivity index (χ2v) is 6.94. The first-order valence-electron chi connectivity index (χ1n) is 8.57. The molecule has 2 N–H and O–H groups in total. The van der Waals surface area contributed by atoms with Gasteiger partial charge >= 0.3 is 0 Å². The van der Waals surface area contributed by atoms with Crippen LogP contribution in [0.3, 0.4) is 0 Å². The molecule has 0 heterocycles. The van der Waals surface area contributed by atoms with Crippen LogP contribution in [0, 0.1) is 12.8 Å². The molecule has 0 radical (unpaired) electrons. The van der Waals surface area contributed by atoms with Crippen molar-refractivity contribution in [3.63, 3.8) is 0 Å². The Kier molecular flexibility index (Phi) is 5.47. The molecule has 26 heavy (non-hydrogen) atoms. The maximum Gasteiger partial charge on any atom is 0.265 e. The molecule has 2 aromatic carbocycles. The number of amides is 2. The quantitative estimate of drug-likeness (QED) is 0.789. The van der Waals surface area contributed by atoms with Crippen molar-refractivity contribution in [3.05, 3.63) is 53.1 Å². The maximum atomic E-state index is 12.3. The Labute approximate surface area is 157 Å². The van der Waals surface area contributed by atoms with Crippen LogP contribution in [0.1, 0.15) is 25.3 Å². The van der Waals surface area contributed by atoms with Crippen molar-refractivity contribution in [1.29, 1.82) is 0 Å². The van der Waals surface area contributed by atoms with Crippen molar-refractivity contribution >= 4 is 34.8 Å². The molecule has 0 spiro atoms. The van der Waals surface area contributed by atoms with E-state index in [0.29, 0.717) is 16.5 Å². The summed E-state index contributed by atoms with van der Waals surface area (Å²) < 4.78 is 5.72. The fourth-order valence-corrected chi connectivity index (χ4v) is 2.69. The van der Waals surface area contributed by atoms with Crippen LogP contribution >= 0.6 is 11.6 Å². The van der Waals surface area contributed by atoms with Crippen molar-refractivity contribution in [3.8, 4) is 5.75 Å². The summed E-state index contributed by atoms with van der Waals surface area (Å²) in [5, 5.41) is 6.29. The van der Waals surface area contributed by atoms with E-state index in [1.165, 1.54) is 0 Å². The van der Waals surface area contributed by atoms with E-state index in [-0.39, 0.29) is 17.7 Å². The Balaban J connectivity index is 1.55. The summed E-state index contributed by atoms with van der Waals surface area (Å²) in [6.07, 6.45) is 1.26. The monoisotopic (exact) mass is 372 g/mol. The highest BCUT2D eigenvalue weighted by Gasteiger charge is 2.29. The zero-order valence-electron chi connectivity index (χ0n) is 14.7. The van der Waals surface area contributed by atoms with Crippen LogP contribution in [-0.2, 0) is 9.59 Å². The summed E-state index contributed by atoms with van der Waals surface area (Å²) in [7, 11) is 0. The van der Waals surface area contributed by atoms with Crippen molar-refractivity contribution in [2.24, 2.45) is 5.92 Å². The van der Waals surface area contributed by atoms with Crippen LogP contribution in [0.25, 0.3) is 0 Å². The zero-order chi connectivity index (χ0) is 18.7. The lowest BCUT2D eigenvalue weighted by molar-refractivity contribution is -0.122. The van der Waals surface area contributed by atoms with Crippen LogP contribution in [0.4, 0.5) is 11.4 Å². The number of anilines is 2.